The molecule has 0 heterocycles. The summed E-state index contributed by atoms with van der Waals surface area (Å²) in [7, 11) is 0.175. The minimum atomic E-state index is -1.21. The molecule has 1 aromatic carbocycles. The number of rotatable bonds is 3. The molecule has 1 aromatic rings. The Kier molecular flexibility index (Phi) is 3.19. The normalized spacial score (nSPS) is 12.1. The predicted molar refractivity (Wildman–Crippen MR) is 52.0 cm³/mol. The van der Waals surface area contributed by atoms with E-state index in [2.05, 4.69) is 0 Å². The Balaban J connectivity index is 3.25. The van der Waals surface area contributed by atoms with E-state index in [-0.39, 0.29) is 11.4 Å². The van der Waals surface area contributed by atoms with E-state index in [4.69, 9.17) is 4.74 Å². The molecule has 0 saturated carbocycles. The van der Waals surface area contributed by atoms with Gasteiger partial charge in [-0.05, 0) is 6.07 Å². The van der Waals surface area contributed by atoms with Gasteiger partial charge < -0.3 is 4.74 Å². The smallest absolute Gasteiger partial charge is 0.273 e. The highest BCUT2D eigenvalue weighted by molar-refractivity contribution is 7.84. The van der Waals surface area contributed by atoms with E-state index in [1.807, 2.05) is 0 Å². The number of ether oxygens (including phenoxy) is 1. The van der Waals surface area contributed by atoms with Crippen molar-refractivity contribution in [3.63, 3.8) is 0 Å². The quantitative estimate of drug-likeness (QED) is 0.563. The monoisotopic (exact) mass is 215 g/mol. The number of benzene rings is 1. The van der Waals surface area contributed by atoms with E-state index in [0.29, 0.717) is 4.90 Å². The van der Waals surface area contributed by atoms with Crippen LogP contribution in [0.4, 0.5) is 5.69 Å². The topological polar surface area (TPSA) is 69.4 Å². The molecule has 0 aliphatic heterocycles. The van der Waals surface area contributed by atoms with Crippen molar-refractivity contribution in [2.45, 2.75) is 4.90 Å². The summed E-state index contributed by atoms with van der Waals surface area (Å²) >= 11 is 0. The highest BCUT2D eigenvalue weighted by atomic mass is 32.2. The molecule has 0 N–H and O–H groups in total. The van der Waals surface area contributed by atoms with Crippen LogP contribution in [0.2, 0.25) is 0 Å². The van der Waals surface area contributed by atoms with Crippen LogP contribution in [0.3, 0.4) is 0 Å². The van der Waals surface area contributed by atoms with Crippen LogP contribution >= 0.6 is 0 Å². The van der Waals surface area contributed by atoms with Crippen LogP contribution in [0, 0.1) is 10.1 Å². The first-order valence-corrected chi connectivity index (χ1v) is 5.28. The van der Waals surface area contributed by atoms with Gasteiger partial charge in [0.2, 0.25) is 0 Å². The summed E-state index contributed by atoms with van der Waals surface area (Å²) in [6.45, 7) is 0. The molecule has 0 fully saturated rings. The fourth-order valence-corrected chi connectivity index (χ4v) is 1.69. The summed E-state index contributed by atoms with van der Waals surface area (Å²) in [5, 5.41) is 10.4. The fourth-order valence-electron chi connectivity index (χ4n) is 1.01. The predicted octanol–water partition coefficient (Wildman–Crippen LogP) is 1.34. The molecule has 0 amide bonds. The highest BCUT2D eigenvalue weighted by Gasteiger charge is 2.12. The van der Waals surface area contributed by atoms with E-state index in [1.165, 1.54) is 31.6 Å². The molecule has 0 unspecified atom stereocenters. The minimum Gasteiger partial charge on any atom is -0.495 e. The van der Waals surface area contributed by atoms with Crippen molar-refractivity contribution >= 4 is 16.5 Å². The molecule has 0 aromatic heterocycles. The summed E-state index contributed by atoms with van der Waals surface area (Å²) in [6.07, 6.45) is 1.49. The number of non-ortho nitro benzene ring substituents is 1. The summed E-state index contributed by atoms with van der Waals surface area (Å²) in [4.78, 5) is 10.4. The molecule has 5 nitrogen and oxygen atoms in total. The largest absolute Gasteiger partial charge is 0.495 e. The maximum Gasteiger partial charge on any atom is 0.273 e. The van der Waals surface area contributed by atoms with Crippen LogP contribution < -0.4 is 4.74 Å². The van der Waals surface area contributed by atoms with Crippen LogP contribution in [-0.2, 0) is 10.8 Å². The maximum atomic E-state index is 11.2. The highest BCUT2D eigenvalue weighted by Crippen LogP contribution is 2.26. The third-order valence-corrected chi connectivity index (χ3v) is 2.62. The summed E-state index contributed by atoms with van der Waals surface area (Å²) in [6, 6.07) is 4.00. The zero-order chi connectivity index (χ0) is 10.7. The molecule has 1 atom stereocenters. The molecule has 0 radical (unpaired) electrons. The number of methoxy groups -OCH3 is 1. The number of hydrogen-bond donors (Lipinski definition) is 0. The van der Waals surface area contributed by atoms with Gasteiger partial charge in [-0.1, -0.05) is 0 Å². The van der Waals surface area contributed by atoms with Crippen molar-refractivity contribution < 1.29 is 13.9 Å². The molecular formula is C8H9NO4S. The third-order valence-electron chi connectivity index (χ3n) is 1.67. The zero-order valence-electron chi connectivity index (χ0n) is 7.72. The molecular weight excluding hydrogens is 206 g/mol. The molecule has 1 rings (SSSR count). The molecule has 76 valence electrons. The number of nitrogens with zero attached hydrogens (tertiary/aromatic N) is 1. The van der Waals surface area contributed by atoms with E-state index >= 15 is 0 Å². The van der Waals surface area contributed by atoms with Gasteiger partial charge >= 0.3 is 0 Å². The van der Waals surface area contributed by atoms with Crippen molar-refractivity contribution in [1.29, 1.82) is 0 Å². The van der Waals surface area contributed by atoms with Gasteiger partial charge in [-0.15, -0.1) is 0 Å². The van der Waals surface area contributed by atoms with Crippen molar-refractivity contribution in [3.8, 4) is 5.75 Å². The molecule has 0 saturated heterocycles. The zero-order valence-corrected chi connectivity index (χ0v) is 8.54. The van der Waals surface area contributed by atoms with Crippen molar-refractivity contribution in [3.05, 3.63) is 28.3 Å². The van der Waals surface area contributed by atoms with E-state index in [9.17, 15) is 14.3 Å². The summed E-state index contributed by atoms with van der Waals surface area (Å²) in [5.74, 6) is 0.278. The average Bonchev–Trinajstić information content (AvgIpc) is 2.16. The maximum absolute atomic E-state index is 11.2. The Morgan fingerprint density at radius 1 is 1.50 bits per heavy atom. The Morgan fingerprint density at radius 3 is 2.57 bits per heavy atom. The van der Waals surface area contributed by atoms with Crippen LogP contribution in [-0.4, -0.2) is 22.5 Å². The van der Waals surface area contributed by atoms with Gasteiger partial charge in [-0.2, -0.15) is 0 Å². The molecule has 0 bridgehead atoms. The van der Waals surface area contributed by atoms with Gasteiger partial charge in [-0.3, -0.25) is 14.3 Å². The summed E-state index contributed by atoms with van der Waals surface area (Å²) < 4.78 is 16.1. The Hall–Kier alpha value is -1.43. The van der Waals surface area contributed by atoms with Gasteiger partial charge in [0, 0.05) is 12.3 Å². The molecule has 0 aliphatic carbocycles. The van der Waals surface area contributed by atoms with Crippen molar-refractivity contribution in [1.82, 2.24) is 0 Å². The SMILES string of the molecule is COc1cc([N+](=O)[O-])ccc1[S@](C)=O. The number of nitro groups is 1. The Morgan fingerprint density at radius 2 is 2.14 bits per heavy atom. The fraction of sp³-hybridized carbons (Fsp3) is 0.250. The average molecular weight is 215 g/mol. The van der Waals surface area contributed by atoms with E-state index in [0.717, 1.165) is 0 Å². The second-order valence-electron chi connectivity index (χ2n) is 2.55. The van der Waals surface area contributed by atoms with Gasteiger partial charge in [-0.25, -0.2) is 0 Å². The van der Waals surface area contributed by atoms with E-state index in [1.54, 1.807) is 0 Å². The second kappa shape index (κ2) is 4.19. The Labute approximate surface area is 83.3 Å². The summed E-state index contributed by atoms with van der Waals surface area (Å²) in [5.41, 5.74) is -0.0731. The van der Waals surface area contributed by atoms with Gasteiger partial charge in [0.05, 0.1) is 33.8 Å². The lowest BCUT2D eigenvalue weighted by atomic mass is 10.3. The van der Waals surface area contributed by atoms with Crippen LogP contribution in [0.5, 0.6) is 5.75 Å². The lowest BCUT2D eigenvalue weighted by Crippen LogP contribution is -1.96. The van der Waals surface area contributed by atoms with Crippen LogP contribution in [0.25, 0.3) is 0 Å². The first-order valence-electron chi connectivity index (χ1n) is 3.72. The van der Waals surface area contributed by atoms with Gasteiger partial charge in [0.15, 0.2) is 0 Å². The molecule has 14 heavy (non-hydrogen) atoms. The minimum absolute atomic E-state index is 0.0731. The first kappa shape index (κ1) is 10.6. The lowest BCUT2D eigenvalue weighted by molar-refractivity contribution is -0.385. The molecule has 0 aliphatic rings. The van der Waals surface area contributed by atoms with Gasteiger partial charge in [0.1, 0.15) is 5.75 Å². The number of nitro benzene ring substituents is 1. The second-order valence-corrected chi connectivity index (χ2v) is 3.89. The van der Waals surface area contributed by atoms with Crippen molar-refractivity contribution in [2.75, 3.05) is 13.4 Å². The van der Waals surface area contributed by atoms with Crippen molar-refractivity contribution in [2.24, 2.45) is 0 Å². The third kappa shape index (κ3) is 2.08. The van der Waals surface area contributed by atoms with Crippen LogP contribution in [0.1, 0.15) is 0 Å². The number of hydrogen-bond acceptors (Lipinski definition) is 4. The lowest BCUT2D eigenvalue weighted by Gasteiger charge is -2.04. The first-order chi connectivity index (χ1) is 6.56. The van der Waals surface area contributed by atoms with Crippen LogP contribution in [0.15, 0.2) is 23.1 Å². The standard InChI is InChI=1S/C8H9NO4S/c1-13-7-5-6(9(10)11)3-4-8(7)14(2)12/h3-5H,1-2H3/t14-/m0/s1. The van der Waals surface area contributed by atoms with E-state index < -0.39 is 15.7 Å². The molecule has 6 heteroatoms. The molecule has 0 spiro atoms. The van der Waals surface area contributed by atoms with Gasteiger partial charge in [0.25, 0.3) is 5.69 Å². The Bertz CT molecular complexity index is 391.